The highest BCUT2D eigenvalue weighted by atomic mass is 79.9. The van der Waals surface area contributed by atoms with Crippen molar-refractivity contribution in [2.24, 2.45) is 0 Å². The van der Waals surface area contributed by atoms with Gasteiger partial charge in [0.25, 0.3) is 5.91 Å². The summed E-state index contributed by atoms with van der Waals surface area (Å²) in [5.74, 6) is -0.786. The Kier molecular flexibility index (Phi) is 4.85. The fourth-order valence-electron chi connectivity index (χ4n) is 2.04. The number of carbonyl (C=O) groups excluding carboxylic acids is 3. The van der Waals surface area contributed by atoms with Gasteiger partial charge in [-0.3, -0.25) is 14.5 Å². The Morgan fingerprint density at radius 3 is 2.45 bits per heavy atom. The molecule has 0 spiro atoms. The van der Waals surface area contributed by atoms with Crippen molar-refractivity contribution in [1.82, 2.24) is 10.2 Å². The maximum atomic E-state index is 11.9. The van der Waals surface area contributed by atoms with Gasteiger partial charge in [-0.05, 0) is 31.5 Å². The van der Waals surface area contributed by atoms with Gasteiger partial charge in [-0.15, -0.1) is 0 Å². The molecule has 1 fully saturated rings. The summed E-state index contributed by atoms with van der Waals surface area (Å²) in [7, 11) is 0. The van der Waals surface area contributed by atoms with E-state index in [1.807, 2.05) is 24.3 Å². The molecule has 6 nitrogen and oxygen atoms in total. The van der Waals surface area contributed by atoms with Gasteiger partial charge in [0.1, 0.15) is 12.1 Å². The van der Waals surface area contributed by atoms with Crippen molar-refractivity contribution in [1.29, 1.82) is 0 Å². The third kappa shape index (κ3) is 3.85. The number of hydrogen-bond donors (Lipinski definition) is 1. The molecular weight excluding hydrogens is 352 g/mol. The molecule has 0 atom stereocenters. The third-order valence-corrected chi connectivity index (χ3v) is 3.83. The maximum Gasteiger partial charge on any atom is 0.325 e. The van der Waals surface area contributed by atoms with E-state index in [9.17, 15) is 14.4 Å². The largest absolute Gasteiger partial charge is 0.461 e. The second kappa shape index (κ2) is 6.48. The van der Waals surface area contributed by atoms with Crippen LogP contribution in [0.15, 0.2) is 28.7 Å². The lowest BCUT2D eigenvalue weighted by Gasteiger charge is -2.15. The standard InChI is InChI=1S/C15H17BrN2O4/c1-15(2)13(20)18(14(21)17-15)8-7-12(19)22-9-10-3-5-11(16)6-4-10/h3-6H,7-9H2,1-2H3,(H,17,21). The predicted molar refractivity (Wildman–Crippen MR) is 82.9 cm³/mol. The highest BCUT2D eigenvalue weighted by molar-refractivity contribution is 9.10. The monoisotopic (exact) mass is 368 g/mol. The number of ether oxygens (including phenoxy) is 1. The minimum Gasteiger partial charge on any atom is -0.461 e. The van der Waals surface area contributed by atoms with Gasteiger partial charge in [0.2, 0.25) is 0 Å². The fraction of sp³-hybridized carbons (Fsp3) is 0.400. The van der Waals surface area contributed by atoms with Crippen LogP contribution in [0.1, 0.15) is 25.8 Å². The third-order valence-electron chi connectivity index (χ3n) is 3.30. The van der Waals surface area contributed by atoms with E-state index in [0.29, 0.717) is 0 Å². The maximum absolute atomic E-state index is 11.9. The number of halogens is 1. The molecule has 0 aromatic heterocycles. The second-order valence-corrected chi connectivity index (χ2v) is 6.46. The average molecular weight is 369 g/mol. The summed E-state index contributed by atoms with van der Waals surface area (Å²) in [6.07, 6.45) is -0.0221. The van der Waals surface area contributed by atoms with Gasteiger partial charge >= 0.3 is 12.0 Å². The lowest BCUT2D eigenvalue weighted by molar-refractivity contribution is -0.145. The van der Waals surface area contributed by atoms with Crippen molar-refractivity contribution in [3.05, 3.63) is 34.3 Å². The molecule has 3 amide bonds. The lowest BCUT2D eigenvalue weighted by Crippen LogP contribution is -2.40. The molecule has 7 heteroatoms. The van der Waals surface area contributed by atoms with Gasteiger partial charge in [-0.1, -0.05) is 28.1 Å². The van der Waals surface area contributed by atoms with Crippen LogP contribution < -0.4 is 5.32 Å². The molecule has 1 N–H and O–H groups in total. The number of rotatable bonds is 5. The molecule has 0 unspecified atom stereocenters. The normalized spacial score (nSPS) is 16.6. The molecule has 0 saturated carbocycles. The zero-order valence-electron chi connectivity index (χ0n) is 12.4. The average Bonchev–Trinajstić information content (AvgIpc) is 2.65. The summed E-state index contributed by atoms with van der Waals surface area (Å²) in [4.78, 5) is 36.4. The molecule has 0 bridgehead atoms. The molecule has 0 aliphatic carbocycles. The Labute approximate surface area is 136 Å². The number of nitrogens with zero attached hydrogens (tertiary/aromatic N) is 1. The molecule has 1 aromatic carbocycles. The number of esters is 1. The van der Waals surface area contributed by atoms with E-state index in [1.165, 1.54) is 0 Å². The minimum atomic E-state index is -0.918. The van der Waals surface area contributed by atoms with Gasteiger partial charge in [0.05, 0.1) is 6.42 Å². The SMILES string of the molecule is CC1(C)NC(=O)N(CCC(=O)OCc2ccc(Br)cc2)C1=O. The summed E-state index contributed by atoms with van der Waals surface area (Å²) in [6, 6.07) is 6.93. The summed E-state index contributed by atoms with van der Waals surface area (Å²) in [5.41, 5.74) is -0.0500. The van der Waals surface area contributed by atoms with Crippen molar-refractivity contribution in [2.75, 3.05) is 6.54 Å². The summed E-state index contributed by atoms with van der Waals surface area (Å²) >= 11 is 3.33. The second-order valence-electron chi connectivity index (χ2n) is 5.55. The number of carbonyl (C=O) groups is 3. The van der Waals surface area contributed by atoms with Crippen molar-refractivity contribution < 1.29 is 19.1 Å². The van der Waals surface area contributed by atoms with Crippen LogP contribution in [0, 0.1) is 0 Å². The van der Waals surface area contributed by atoms with Crippen molar-refractivity contribution in [3.8, 4) is 0 Å². The number of amides is 3. The minimum absolute atomic E-state index is 0.0211. The van der Waals surface area contributed by atoms with Gasteiger partial charge in [0.15, 0.2) is 0 Å². The van der Waals surface area contributed by atoms with Crippen LogP contribution in [0.3, 0.4) is 0 Å². The summed E-state index contributed by atoms with van der Waals surface area (Å²) in [5, 5.41) is 2.56. The fourth-order valence-corrected chi connectivity index (χ4v) is 2.31. The van der Waals surface area contributed by atoms with Crippen LogP contribution in [0.5, 0.6) is 0 Å². The first-order chi connectivity index (χ1) is 10.3. The van der Waals surface area contributed by atoms with Crippen molar-refractivity contribution in [2.45, 2.75) is 32.4 Å². The Hall–Kier alpha value is -1.89. The van der Waals surface area contributed by atoms with E-state index < -0.39 is 17.5 Å². The number of urea groups is 1. The van der Waals surface area contributed by atoms with E-state index in [2.05, 4.69) is 21.2 Å². The van der Waals surface area contributed by atoms with Gasteiger partial charge in [0, 0.05) is 11.0 Å². The predicted octanol–water partition coefficient (Wildman–Crippen LogP) is 2.21. The van der Waals surface area contributed by atoms with Crippen LogP contribution in [0.25, 0.3) is 0 Å². The van der Waals surface area contributed by atoms with E-state index >= 15 is 0 Å². The van der Waals surface area contributed by atoms with E-state index in [4.69, 9.17) is 4.74 Å². The van der Waals surface area contributed by atoms with E-state index in [1.54, 1.807) is 13.8 Å². The van der Waals surface area contributed by atoms with Crippen LogP contribution in [-0.2, 0) is 20.9 Å². The highest BCUT2D eigenvalue weighted by Gasteiger charge is 2.44. The zero-order valence-corrected chi connectivity index (χ0v) is 14.0. The van der Waals surface area contributed by atoms with Crippen LogP contribution >= 0.6 is 15.9 Å². The molecule has 0 radical (unpaired) electrons. The highest BCUT2D eigenvalue weighted by Crippen LogP contribution is 2.17. The first-order valence-electron chi connectivity index (χ1n) is 6.84. The number of nitrogens with one attached hydrogen (secondary N) is 1. The lowest BCUT2D eigenvalue weighted by atomic mass is 10.1. The molecule has 2 rings (SSSR count). The Balaban J connectivity index is 1.80. The summed E-state index contributed by atoms with van der Waals surface area (Å²) in [6.45, 7) is 3.43. The van der Waals surface area contributed by atoms with Crippen molar-refractivity contribution in [3.63, 3.8) is 0 Å². The summed E-state index contributed by atoms with van der Waals surface area (Å²) < 4.78 is 6.07. The van der Waals surface area contributed by atoms with Crippen LogP contribution in [0.4, 0.5) is 4.79 Å². The number of benzene rings is 1. The van der Waals surface area contributed by atoms with Crippen LogP contribution in [0.2, 0.25) is 0 Å². The molecular formula is C15H17BrN2O4. The Morgan fingerprint density at radius 1 is 1.27 bits per heavy atom. The molecule has 118 valence electrons. The van der Waals surface area contributed by atoms with Crippen LogP contribution in [-0.4, -0.2) is 34.9 Å². The Morgan fingerprint density at radius 2 is 1.91 bits per heavy atom. The molecule has 1 aliphatic rings. The Bertz CT molecular complexity index is 598. The first kappa shape index (κ1) is 16.5. The van der Waals surface area contributed by atoms with E-state index in [0.717, 1.165) is 14.9 Å². The topological polar surface area (TPSA) is 75.7 Å². The number of imide groups is 1. The molecule has 1 saturated heterocycles. The zero-order chi connectivity index (χ0) is 16.3. The first-order valence-corrected chi connectivity index (χ1v) is 7.63. The van der Waals surface area contributed by atoms with Gasteiger partial charge < -0.3 is 10.1 Å². The van der Waals surface area contributed by atoms with Gasteiger partial charge in [-0.2, -0.15) is 0 Å². The van der Waals surface area contributed by atoms with E-state index in [-0.39, 0.29) is 25.5 Å². The molecule has 1 aliphatic heterocycles. The van der Waals surface area contributed by atoms with Gasteiger partial charge in [-0.25, -0.2) is 4.79 Å². The molecule has 1 heterocycles. The van der Waals surface area contributed by atoms with Crippen molar-refractivity contribution >= 4 is 33.8 Å². The number of hydrogen-bond acceptors (Lipinski definition) is 4. The smallest absolute Gasteiger partial charge is 0.325 e. The quantitative estimate of drug-likeness (QED) is 0.638. The molecule has 1 aromatic rings. The molecule has 22 heavy (non-hydrogen) atoms.